The van der Waals surface area contributed by atoms with Crippen LogP contribution >= 0.6 is 0 Å². The number of aliphatic hydroxyl groups excluding tert-OH is 7. The first kappa shape index (κ1) is 47.1. The maximum absolute atomic E-state index is 12.9. The number of ether oxygens (including phenoxy) is 2. The zero-order valence-corrected chi connectivity index (χ0v) is 31.3. The highest BCUT2D eigenvalue weighted by Gasteiger charge is 2.44. The van der Waals surface area contributed by atoms with E-state index in [-0.39, 0.29) is 12.8 Å². The topological polar surface area (TPSA) is 189 Å². The molecule has 11 nitrogen and oxygen atoms in total. The van der Waals surface area contributed by atoms with Crippen LogP contribution in [0.3, 0.4) is 0 Å². The van der Waals surface area contributed by atoms with Crippen LogP contribution in [0, 0.1) is 0 Å². The van der Waals surface area contributed by atoms with Gasteiger partial charge in [0.05, 0.1) is 25.4 Å². The van der Waals surface area contributed by atoms with Crippen molar-refractivity contribution in [2.75, 3.05) is 13.2 Å². The zero-order valence-electron chi connectivity index (χ0n) is 31.3. The highest BCUT2D eigenvalue weighted by atomic mass is 16.7. The normalized spacial score (nSPS) is 23.8. The number of nitrogens with one attached hydrogen (secondary N) is 1. The van der Waals surface area contributed by atoms with Gasteiger partial charge in [0.2, 0.25) is 5.91 Å². The van der Waals surface area contributed by atoms with Gasteiger partial charge in [0, 0.05) is 0 Å². The van der Waals surface area contributed by atoms with Gasteiger partial charge in [-0.3, -0.25) is 4.79 Å². The third-order valence-corrected chi connectivity index (χ3v) is 9.07. The van der Waals surface area contributed by atoms with Crippen LogP contribution in [0.15, 0.2) is 48.6 Å². The van der Waals surface area contributed by atoms with Crippen LogP contribution in [0.4, 0.5) is 0 Å². The second kappa shape index (κ2) is 30.5. The number of amides is 1. The Balaban J connectivity index is 2.61. The average Bonchev–Trinajstić information content (AvgIpc) is 3.13. The molecule has 0 bridgehead atoms. The molecule has 8 N–H and O–H groups in total. The Kier molecular flexibility index (Phi) is 28.2. The Morgan fingerprint density at radius 1 is 0.667 bits per heavy atom. The van der Waals surface area contributed by atoms with E-state index in [0.29, 0.717) is 19.3 Å². The van der Waals surface area contributed by atoms with Gasteiger partial charge in [-0.1, -0.05) is 94.6 Å². The number of rotatable bonds is 30. The summed E-state index contributed by atoms with van der Waals surface area (Å²) in [5.74, 6) is -0.754. The van der Waals surface area contributed by atoms with Crippen LogP contribution in [0.5, 0.6) is 0 Å². The van der Waals surface area contributed by atoms with Crippen molar-refractivity contribution < 1.29 is 50.0 Å². The van der Waals surface area contributed by atoms with Gasteiger partial charge in [0.15, 0.2) is 6.29 Å². The van der Waals surface area contributed by atoms with Gasteiger partial charge in [0.25, 0.3) is 0 Å². The van der Waals surface area contributed by atoms with Crippen LogP contribution in [0.1, 0.15) is 129 Å². The van der Waals surface area contributed by atoms with Crippen molar-refractivity contribution in [3.8, 4) is 0 Å². The minimum absolute atomic E-state index is 0.162. The van der Waals surface area contributed by atoms with Crippen LogP contribution < -0.4 is 5.32 Å². The van der Waals surface area contributed by atoms with Crippen LogP contribution in [0.25, 0.3) is 0 Å². The molecule has 0 aromatic carbocycles. The fourth-order valence-corrected chi connectivity index (χ4v) is 5.71. The van der Waals surface area contributed by atoms with E-state index in [1.807, 2.05) is 18.2 Å². The highest BCUT2D eigenvalue weighted by molar-refractivity contribution is 5.80. The largest absolute Gasteiger partial charge is 0.394 e. The summed E-state index contributed by atoms with van der Waals surface area (Å²) < 4.78 is 11.0. The Bertz CT molecular complexity index is 971. The predicted octanol–water partition coefficient (Wildman–Crippen LogP) is 4.66. The molecule has 1 heterocycles. The fraction of sp³-hybridized carbons (Fsp3) is 0.775. The number of hydrogen-bond acceptors (Lipinski definition) is 10. The maximum Gasteiger partial charge on any atom is 0.249 e. The average molecular weight is 726 g/mol. The van der Waals surface area contributed by atoms with Gasteiger partial charge in [-0.05, 0) is 83.5 Å². The first-order valence-electron chi connectivity index (χ1n) is 19.5. The number of aliphatic hydroxyl groups is 7. The highest BCUT2D eigenvalue weighted by Crippen LogP contribution is 2.23. The summed E-state index contributed by atoms with van der Waals surface area (Å²) >= 11 is 0. The van der Waals surface area contributed by atoms with Crippen molar-refractivity contribution >= 4 is 5.91 Å². The first-order valence-corrected chi connectivity index (χ1v) is 19.5. The van der Waals surface area contributed by atoms with Gasteiger partial charge in [-0.15, -0.1) is 0 Å². The van der Waals surface area contributed by atoms with E-state index in [1.165, 1.54) is 38.5 Å². The molecule has 11 heteroatoms. The van der Waals surface area contributed by atoms with E-state index < -0.39 is 74.2 Å². The minimum Gasteiger partial charge on any atom is -0.394 e. The van der Waals surface area contributed by atoms with Gasteiger partial charge < -0.3 is 50.5 Å². The lowest BCUT2D eigenvalue weighted by Gasteiger charge is -2.40. The lowest BCUT2D eigenvalue weighted by Crippen LogP contribution is -2.60. The summed E-state index contributed by atoms with van der Waals surface area (Å²) in [6.45, 7) is 3.27. The zero-order chi connectivity index (χ0) is 37.7. The minimum atomic E-state index is -1.68. The molecule has 0 spiro atoms. The quantitative estimate of drug-likeness (QED) is 0.0382. The summed E-state index contributed by atoms with van der Waals surface area (Å²) in [4.78, 5) is 12.9. The van der Waals surface area contributed by atoms with Crippen molar-refractivity contribution in [3.63, 3.8) is 0 Å². The first-order chi connectivity index (χ1) is 24.7. The number of allylic oxidation sites excluding steroid dienone is 8. The lowest BCUT2D eigenvalue weighted by atomic mass is 9.99. The molecule has 0 radical (unpaired) electrons. The molecule has 1 fully saturated rings. The third-order valence-electron chi connectivity index (χ3n) is 9.07. The second-order valence-electron chi connectivity index (χ2n) is 13.6. The van der Waals surface area contributed by atoms with Gasteiger partial charge in [-0.25, -0.2) is 0 Å². The van der Waals surface area contributed by atoms with Crippen molar-refractivity contribution in [3.05, 3.63) is 48.6 Å². The molecule has 51 heavy (non-hydrogen) atoms. The number of carbonyl (C=O) groups is 1. The molecule has 0 aromatic rings. The van der Waals surface area contributed by atoms with Gasteiger partial charge in [-0.2, -0.15) is 0 Å². The van der Waals surface area contributed by atoms with Crippen LogP contribution in [-0.2, 0) is 14.3 Å². The Hall–Kier alpha value is -1.93. The summed E-state index contributed by atoms with van der Waals surface area (Å²) in [5, 5.41) is 75.0. The summed E-state index contributed by atoms with van der Waals surface area (Å²) in [7, 11) is 0. The van der Waals surface area contributed by atoms with E-state index in [0.717, 1.165) is 44.9 Å². The molecule has 0 aromatic heterocycles. The standard InChI is InChI=1S/C40H71NO10/c1-3-5-7-9-11-13-14-15-16-17-18-19-20-22-23-25-27-32(43)35(45)31(30-50-40-38(48)37(47)36(46)34(29-42)51-40)41-39(49)33(44)28-26-24-21-12-10-8-6-4-2/h11,13,16-17,20-22,24,31-38,40,42-48H,3-10,12,14-15,18-19,23,25-30H2,1-2H3,(H,41,49)/b13-11+,17-16+,22-20+,24-21-. The molecular weight excluding hydrogens is 654 g/mol. The molecule has 1 aliphatic rings. The SMILES string of the molecule is CCCCC/C=C/CC/C=C/CC/C=C/CCCC(O)C(O)C(COC1OC(CO)C(O)C(O)C1O)NC(=O)C(O)CC/C=C\CCCCCC. The molecule has 1 amide bonds. The fourth-order valence-electron chi connectivity index (χ4n) is 5.71. The van der Waals surface area contributed by atoms with E-state index in [1.54, 1.807) is 0 Å². The van der Waals surface area contributed by atoms with Crippen molar-refractivity contribution in [1.29, 1.82) is 0 Å². The van der Waals surface area contributed by atoms with Gasteiger partial charge >= 0.3 is 0 Å². The number of carbonyl (C=O) groups excluding carboxylic acids is 1. The molecule has 1 aliphatic heterocycles. The summed E-state index contributed by atoms with van der Waals surface area (Å²) in [6.07, 6.45) is 22.0. The van der Waals surface area contributed by atoms with Crippen molar-refractivity contribution in [1.82, 2.24) is 5.32 Å². The monoisotopic (exact) mass is 726 g/mol. The van der Waals surface area contributed by atoms with Crippen molar-refractivity contribution in [2.45, 2.75) is 184 Å². The molecule has 9 atom stereocenters. The number of hydrogen-bond donors (Lipinski definition) is 8. The Morgan fingerprint density at radius 2 is 1.18 bits per heavy atom. The molecule has 296 valence electrons. The second-order valence-corrected chi connectivity index (χ2v) is 13.6. The third kappa shape index (κ3) is 21.4. The summed E-state index contributed by atoms with van der Waals surface area (Å²) in [5.41, 5.74) is 0. The molecular formula is C40H71NO10. The van der Waals surface area contributed by atoms with E-state index >= 15 is 0 Å². The lowest BCUT2D eigenvalue weighted by molar-refractivity contribution is -0.303. The molecule has 0 saturated carbocycles. The van der Waals surface area contributed by atoms with Crippen LogP contribution in [-0.4, -0.2) is 110 Å². The molecule has 1 saturated heterocycles. The van der Waals surface area contributed by atoms with E-state index in [2.05, 4.69) is 49.5 Å². The molecule has 0 aliphatic carbocycles. The van der Waals surface area contributed by atoms with Crippen LogP contribution in [0.2, 0.25) is 0 Å². The number of unbranched alkanes of at least 4 members (excludes halogenated alkanes) is 10. The smallest absolute Gasteiger partial charge is 0.249 e. The maximum atomic E-state index is 12.9. The molecule has 1 rings (SSSR count). The summed E-state index contributed by atoms with van der Waals surface area (Å²) in [6, 6.07) is -1.21. The Morgan fingerprint density at radius 3 is 1.75 bits per heavy atom. The van der Waals surface area contributed by atoms with Gasteiger partial charge in [0.1, 0.15) is 36.6 Å². The predicted molar refractivity (Wildman–Crippen MR) is 201 cm³/mol. The molecule has 9 unspecified atom stereocenters. The van der Waals surface area contributed by atoms with E-state index in [9.17, 15) is 40.5 Å². The van der Waals surface area contributed by atoms with Crippen molar-refractivity contribution in [2.24, 2.45) is 0 Å². The van der Waals surface area contributed by atoms with E-state index in [4.69, 9.17) is 9.47 Å². The Labute approximate surface area is 307 Å².